The van der Waals surface area contributed by atoms with Crippen LogP contribution < -0.4 is 0 Å². The summed E-state index contributed by atoms with van der Waals surface area (Å²) in [7, 11) is 0. The minimum atomic E-state index is -0.482. The normalized spacial score (nSPS) is 28.2. The minimum absolute atomic E-state index is 0.0410. The van der Waals surface area contributed by atoms with Crippen molar-refractivity contribution in [3.8, 4) is 0 Å². The van der Waals surface area contributed by atoms with Gasteiger partial charge in [0.05, 0.1) is 42.7 Å². The quantitative estimate of drug-likeness (QED) is 0.0858. The monoisotopic (exact) mass is 594 g/mol. The van der Waals surface area contributed by atoms with E-state index in [0.29, 0.717) is 18.4 Å². The number of hydrogen-bond acceptors (Lipinski definition) is 7. The van der Waals surface area contributed by atoms with Gasteiger partial charge in [-0.25, -0.2) is 4.79 Å². The van der Waals surface area contributed by atoms with Crippen molar-refractivity contribution >= 4 is 5.97 Å². The zero-order valence-corrected chi connectivity index (χ0v) is 26.7. The van der Waals surface area contributed by atoms with E-state index in [1.54, 1.807) is 6.08 Å². The van der Waals surface area contributed by atoms with Gasteiger partial charge in [-0.15, -0.1) is 0 Å². The van der Waals surface area contributed by atoms with Crippen molar-refractivity contribution in [1.29, 1.82) is 0 Å². The van der Waals surface area contributed by atoms with E-state index in [1.807, 2.05) is 6.92 Å². The SMILES string of the molecule is CCCCCCCCCC[C@H](O)[C@H]1CC[C@H]([C@H]2CC[C@H]([C@H](O)CCCCCCCC[C@@H](O)CC3=C[C@@H](C)OC3=O)O2)O1. The van der Waals surface area contributed by atoms with E-state index in [2.05, 4.69) is 6.92 Å². The Morgan fingerprint density at radius 1 is 0.690 bits per heavy atom. The highest BCUT2D eigenvalue weighted by Crippen LogP contribution is 2.34. The van der Waals surface area contributed by atoms with Crippen molar-refractivity contribution in [2.45, 2.75) is 204 Å². The molecule has 3 heterocycles. The topological polar surface area (TPSA) is 105 Å². The number of aliphatic hydroxyl groups excluding tert-OH is 3. The molecular weight excluding hydrogens is 532 g/mol. The molecule has 0 aromatic rings. The van der Waals surface area contributed by atoms with Crippen LogP contribution in [0.3, 0.4) is 0 Å². The van der Waals surface area contributed by atoms with E-state index in [9.17, 15) is 20.1 Å². The fourth-order valence-electron chi connectivity index (χ4n) is 6.93. The Kier molecular flexibility index (Phi) is 17.0. The molecule has 3 rings (SSSR count). The van der Waals surface area contributed by atoms with E-state index >= 15 is 0 Å². The standard InChI is InChI=1S/C35H62O7/c1-3-4-5-6-7-8-12-15-18-29(37)31-20-22-33(41-31)34-23-21-32(42-34)30(38)19-16-13-10-9-11-14-17-28(36)25-27-24-26(2)40-35(27)39/h24,26,28-34,36-38H,3-23,25H2,1-2H3/t26-,28-,29+,30-,31-,32-,33-,34-/m1/s1. The number of ether oxygens (including phenoxy) is 3. The summed E-state index contributed by atoms with van der Waals surface area (Å²) in [5.74, 6) is -0.290. The van der Waals surface area contributed by atoms with Crippen LogP contribution >= 0.6 is 0 Å². The maximum Gasteiger partial charge on any atom is 0.334 e. The molecule has 7 nitrogen and oxygen atoms in total. The van der Waals surface area contributed by atoms with Crippen molar-refractivity contribution < 1.29 is 34.3 Å². The van der Waals surface area contributed by atoms with Gasteiger partial charge >= 0.3 is 5.97 Å². The van der Waals surface area contributed by atoms with Crippen molar-refractivity contribution in [3.63, 3.8) is 0 Å². The van der Waals surface area contributed by atoms with Crippen molar-refractivity contribution in [2.75, 3.05) is 0 Å². The lowest BCUT2D eigenvalue weighted by Crippen LogP contribution is -2.33. The zero-order chi connectivity index (χ0) is 30.2. The second-order valence-electron chi connectivity index (χ2n) is 13.3. The van der Waals surface area contributed by atoms with Crippen LogP contribution in [0, 0.1) is 0 Å². The smallest absolute Gasteiger partial charge is 0.334 e. The third-order valence-corrected chi connectivity index (χ3v) is 9.53. The highest BCUT2D eigenvalue weighted by atomic mass is 16.6. The largest absolute Gasteiger partial charge is 0.455 e. The second kappa shape index (κ2) is 20.1. The first-order valence-corrected chi connectivity index (χ1v) is 17.6. The Morgan fingerprint density at radius 2 is 1.14 bits per heavy atom. The Morgan fingerprint density at radius 3 is 1.60 bits per heavy atom. The number of esters is 1. The summed E-state index contributed by atoms with van der Waals surface area (Å²) in [6.45, 7) is 4.08. The summed E-state index contributed by atoms with van der Waals surface area (Å²) >= 11 is 0. The average Bonchev–Trinajstić information content (AvgIpc) is 3.72. The predicted octanol–water partition coefficient (Wildman–Crippen LogP) is 7.08. The first kappa shape index (κ1) is 35.5. The van der Waals surface area contributed by atoms with Gasteiger partial charge in [0.1, 0.15) is 6.10 Å². The van der Waals surface area contributed by atoms with E-state index < -0.39 is 12.2 Å². The van der Waals surface area contributed by atoms with Gasteiger partial charge in [0.15, 0.2) is 0 Å². The fourth-order valence-corrected chi connectivity index (χ4v) is 6.93. The highest BCUT2D eigenvalue weighted by molar-refractivity contribution is 5.90. The van der Waals surface area contributed by atoms with Crippen LogP contribution in [0.2, 0.25) is 0 Å². The van der Waals surface area contributed by atoms with Crippen LogP contribution in [0.5, 0.6) is 0 Å². The Labute approximate surface area is 255 Å². The maximum absolute atomic E-state index is 11.7. The molecule has 7 heteroatoms. The van der Waals surface area contributed by atoms with Gasteiger partial charge in [0, 0.05) is 12.0 Å². The molecule has 3 aliphatic heterocycles. The Bertz CT molecular complexity index is 770. The molecule has 0 radical (unpaired) electrons. The van der Waals surface area contributed by atoms with E-state index in [1.165, 1.54) is 44.9 Å². The number of hydrogen-bond donors (Lipinski definition) is 3. The zero-order valence-electron chi connectivity index (χ0n) is 26.7. The molecule has 0 spiro atoms. The molecule has 0 amide bonds. The number of rotatable bonds is 23. The van der Waals surface area contributed by atoms with Crippen molar-refractivity contribution in [2.24, 2.45) is 0 Å². The van der Waals surface area contributed by atoms with Crippen molar-refractivity contribution in [3.05, 3.63) is 11.6 Å². The number of unbranched alkanes of at least 4 members (excludes halogenated alkanes) is 12. The van der Waals surface area contributed by atoms with Crippen LogP contribution in [0.4, 0.5) is 0 Å². The minimum Gasteiger partial charge on any atom is -0.455 e. The molecule has 3 N–H and O–H groups in total. The molecule has 42 heavy (non-hydrogen) atoms. The number of cyclic esters (lactones) is 1. The van der Waals surface area contributed by atoms with E-state index in [4.69, 9.17) is 14.2 Å². The van der Waals surface area contributed by atoms with Crippen LogP contribution in [0.1, 0.15) is 155 Å². The summed E-state index contributed by atoms with van der Waals surface area (Å²) in [6.07, 6.45) is 23.2. The van der Waals surface area contributed by atoms with Gasteiger partial charge in [0.25, 0.3) is 0 Å². The number of aliphatic hydroxyl groups is 3. The molecule has 0 aliphatic carbocycles. The maximum atomic E-state index is 11.7. The molecule has 2 fully saturated rings. The van der Waals surface area contributed by atoms with Crippen LogP contribution in [-0.4, -0.2) is 70.1 Å². The van der Waals surface area contributed by atoms with Gasteiger partial charge in [-0.1, -0.05) is 96.8 Å². The molecule has 0 aromatic heterocycles. The van der Waals surface area contributed by atoms with Gasteiger partial charge in [-0.2, -0.15) is 0 Å². The molecule has 2 saturated heterocycles. The molecule has 0 unspecified atom stereocenters. The summed E-state index contributed by atoms with van der Waals surface area (Å²) in [5.41, 5.74) is 0.606. The van der Waals surface area contributed by atoms with Gasteiger partial charge in [-0.05, 0) is 57.9 Å². The molecule has 244 valence electrons. The molecule has 0 aromatic carbocycles. The lowest BCUT2D eigenvalue weighted by atomic mass is 10.00. The van der Waals surface area contributed by atoms with E-state index in [0.717, 1.165) is 83.5 Å². The second-order valence-corrected chi connectivity index (χ2v) is 13.3. The van der Waals surface area contributed by atoms with Crippen LogP contribution in [0.15, 0.2) is 11.6 Å². The first-order chi connectivity index (χ1) is 20.4. The molecule has 8 atom stereocenters. The van der Waals surface area contributed by atoms with E-state index in [-0.39, 0.29) is 42.6 Å². The Balaban J connectivity index is 1.16. The summed E-state index contributed by atoms with van der Waals surface area (Å²) in [6, 6.07) is 0. The third-order valence-electron chi connectivity index (χ3n) is 9.53. The fraction of sp³-hybridized carbons (Fsp3) is 0.914. The van der Waals surface area contributed by atoms with Gasteiger partial charge in [-0.3, -0.25) is 0 Å². The number of carbonyl (C=O) groups excluding carboxylic acids is 1. The highest BCUT2D eigenvalue weighted by Gasteiger charge is 2.40. The third kappa shape index (κ3) is 12.9. The van der Waals surface area contributed by atoms with Gasteiger partial charge in [0.2, 0.25) is 0 Å². The lowest BCUT2D eigenvalue weighted by molar-refractivity contribution is -0.139. The molecule has 0 bridgehead atoms. The number of carbonyl (C=O) groups is 1. The summed E-state index contributed by atoms with van der Waals surface area (Å²) in [5, 5.41) is 31.6. The molecular formula is C35H62O7. The molecule has 0 saturated carbocycles. The van der Waals surface area contributed by atoms with Crippen LogP contribution in [-0.2, 0) is 19.0 Å². The van der Waals surface area contributed by atoms with Crippen molar-refractivity contribution in [1.82, 2.24) is 0 Å². The first-order valence-electron chi connectivity index (χ1n) is 17.6. The predicted molar refractivity (Wildman–Crippen MR) is 166 cm³/mol. The Hall–Kier alpha value is -0.990. The summed E-state index contributed by atoms with van der Waals surface area (Å²) < 4.78 is 17.6. The molecule has 3 aliphatic rings. The average molecular weight is 595 g/mol. The van der Waals surface area contributed by atoms with Gasteiger partial charge < -0.3 is 29.5 Å². The summed E-state index contributed by atoms with van der Waals surface area (Å²) in [4.78, 5) is 11.7. The lowest BCUT2D eigenvalue weighted by Gasteiger charge is -2.24. The van der Waals surface area contributed by atoms with Crippen LogP contribution in [0.25, 0.3) is 0 Å².